The predicted octanol–water partition coefficient (Wildman–Crippen LogP) is 4.31. The number of aromatic nitrogens is 2. The summed E-state index contributed by atoms with van der Waals surface area (Å²) in [6.07, 6.45) is -4.03. The molecule has 7 nitrogen and oxygen atoms in total. The molecule has 0 unspecified atom stereocenters. The van der Waals surface area contributed by atoms with Crippen molar-refractivity contribution in [1.82, 2.24) is 14.6 Å². The lowest BCUT2D eigenvalue weighted by Gasteiger charge is -2.29. The SMILES string of the molecule is COn1c(N[C@@H](C)c2ccc(C(F)(F)F)cc2)nc2c(c1=O)CN(C(=O)c1ccc(C)c(C)c1)CC2. The molecule has 1 amide bonds. The maximum atomic E-state index is 13.2. The average Bonchev–Trinajstić information content (AvgIpc) is 2.85. The van der Waals surface area contributed by atoms with E-state index in [1.807, 2.05) is 26.0 Å². The summed E-state index contributed by atoms with van der Waals surface area (Å²) in [6, 6.07) is 9.85. The highest BCUT2D eigenvalue weighted by Crippen LogP contribution is 2.30. The Morgan fingerprint density at radius 2 is 1.81 bits per heavy atom. The van der Waals surface area contributed by atoms with Gasteiger partial charge in [0.15, 0.2) is 0 Å². The molecule has 1 aliphatic heterocycles. The van der Waals surface area contributed by atoms with Gasteiger partial charge in [-0.15, -0.1) is 4.73 Å². The van der Waals surface area contributed by atoms with Crippen LogP contribution < -0.4 is 15.7 Å². The van der Waals surface area contributed by atoms with Crippen LogP contribution in [0.1, 0.15) is 56.8 Å². The number of rotatable bonds is 5. The molecule has 10 heteroatoms. The van der Waals surface area contributed by atoms with Crippen molar-refractivity contribution in [3.05, 3.63) is 91.9 Å². The van der Waals surface area contributed by atoms with Crippen LogP contribution in [0.2, 0.25) is 0 Å². The van der Waals surface area contributed by atoms with Crippen molar-refractivity contribution in [2.75, 3.05) is 19.0 Å². The van der Waals surface area contributed by atoms with E-state index >= 15 is 0 Å². The lowest BCUT2D eigenvalue weighted by molar-refractivity contribution is -0.137. The third-order valence-electron chi connectivity index (χ3n) is 6.50. The molecule has 0 bridgehead atoms. The number of carbonyl (C=O) groups excluding carboxylic acids is 1. The fraction of sp³-hybridized carbons (Fsp3) is 0.346. The molecule has 0 radical (unpaired) electrons. The minimum Gasteiger partial charge on any atom is -0.411 e. The van der Waals surface area contributed by atoms with Gasteiger partial charge in [0.05, 0.1) is 29.4 Å². The number of halogens is 3. The van der Waals surface area contributed by atoms with Crippen LogP contribution in [0.15, 0.2) is 47.3 Å². The van der Waals surface area contributed by atoms with Gasteiger partial charge in [0, 0.05) is 18.5 Å². The maximum Gasteiger partial charge on any atom is 0.416 e. The fourth-order valence-corrected chi connectivity index (χ4v) is 4.19. The molecule has 0 saturated heterocycles. The number of nitrogens with one attached hydrogen (secondary N) is 1. The topological polar surface area (TPSA) is 76.5 Å². The van der Waals surface area contributed by atoms with E-state index in [9.17, 15) is 22.8 Å². The number of hydrogen-bond acceptors (Lipinski definition) is 5. The quantitative estimate of drug-likeness (QED) is 0.565. The van der Waals surface area contributed by atoms with E-state index in [1.54, 1.807) is 17.9 Å². The molecule has 36 heavy (non-hydrogen) atoms. The first-order valence-electron chi connectivity index (χ1n) is 11.5. The number of alkyl halides is 3. The van der Waals surface area contributed by atoms with Crippen molar-refractivity contribution >= 4 is 11.9 Å². The van der Waals surface area contributed by atoms with Crippen molar-refractivity contribution in [2.45, 2.75) is 46.0 Å². The molecule has 0 fully saturated rings. The number of benzene rings is 2. The van der Waals surface area contributed by atoms with Gasteiger partial charge in [0.1, 0.15) is 7.11 Å². The van der Waals surface area contributed by atoms with Crippen LogP contribution >= 0.6 is 0 Å². The Morgan fingerprint density at radius 1 is 1.11 bits per heavy atom. The van der Waals surface area contributed by atoms with Gasteiger partial charge in [-0.25, -0.2) is 4.98 Å². The summed E-state index contributed by atoms with van der Waals surface area (Å²) in [7, 11) is 1.32. The number of aryl methyl sites for hydroxylation is 2. The molecule has 2 heterocycles. The molecule has 1 aliphatic rings. The second-order valence-electron chi connectivity index (χ2n) is 8.90. The van der Waals surface area contributed by atoms with Gasteiger partial charge in [0.2, 0.25) is 5.95 Å². The molecule has 0 saturated carbocycles. The highest BCUT2D eigenvalue weighted by Gasteiger charge is 2.31. The number of anilines is 1. The van der Waals surface area contributed by atoms with Crippen LogP contribution in [0.5, 0.6) is 0 Å². The normalized spacial score (nSPS) is 14.2. The Kier molecular flexibility index (Phi) is 6.79. The minimum absolute atomic E-state index is 0.102. The van der Waals surface area contributed by atoms with Gasteiger partial charge in [-0.2, -0.15) is 13.2 Å². The minimum atomic E-state index is -4.42. The van der Waals surface area contributed by atoms with Crippen molar-refractivity contribution < 1.29 is 22.8 Å². The van der Waals surface area contributed by atoms with Gasteiger partial charge in [-0.1, -0.05) is 18.2 Å². The highest BCUT2D eigenvalue weighted by molar-refractivity contribution is 5.94. The van der Waals surface area contributed by atoms with Crippen molar-refractivity contribution in [2.24, 2.45) is 0 Å². The summed E-state index contributed by atoms with van der Waals surface area (Å²) < 4.78 is 39.6. The lowest BCUT2D eigenvalue weighted by atomic mass is 10.0. The van der Waals surface area contributed by atoms with Crippen molar-refractivity contribution in [1.29, 1.82) is 0 Å². The van der Waals surface area contributed by atoms with Crippen LogP contribution in [0.4, 0.5) is 19.1 Å². The number of amides is 1. The van der Waals surface area contributed by atoms with E-state index in [-0.39, 0.29) is 18.4 Å². The number of nitrogens with zero attached hydrogens (tertiary/aromatic N) is 3. The first-order valence-corrected chi connectivity index (χ1v) is 11.5. The standard InChI is InChI=1S/C26H27F3N4O3/c1-15-5-6-19(13-16(15)2)23(34)32-12-11-22-21(14-32)24(35)33(36-4)25(31-22)30-17(3)18-7-9-20(10-8-18)26(27,28)29/h5-10,13,17H,11-12,14H2,1-4H3,(H,30,31)/t17-/m0/s1. The van der Waals surface area contributed by atoms with E-state index in [0.29, 0.717) is 35.3 Å². The molecule has 0 aliphatic carbocycles. The maximum absolute atomic E-state index is 13.2. The summed E-state index contributed by atoms with van der Waals surface area (Å²) in [5.74, 6) is -0.0205. The Morgan fingerprint density at radius 3 is 2.42 bits per heavy atom. The summed E-state index contributed by atoms with van der Waals surface area (Å²) in [5.41, 5.74) is 3.00. The lowest BCUT2D eigenvalue weighted by Crippen LogP contribution is -2.42. The Balaban J connectivity index is 1.57. The van der Waals surface area contributed by atoms with Crippen LogP contribution in [0.3, 0.4) is 0 Å². The molecule has 1 N–H and O–H groups in total. The van der Waals surface area contributed by atoms with Crippen molar-refractivity contribution in [3.8, 4) is 0 Å². The second-order valence-corrected chi connectivity index (χ2v) is 8.90. The Hall–Kier alpha value is -3.82. The number of fused-ring (bicyclic) bond motifs is 1. The number of carbonyl (C=O) groups is 1. The van der Waals surface area contributed by atoms with Crippen LogP contribution in [0, 0.1) is 13.8 Å². The van der Waals surface area contributed by atoms with Gasteiger partial charge in [-0.05, 0) is 61.7 Å². The molecule has 1 aromatic heterocycles. The molecule has 190 valence electrons. The Bertz CT molecular complexity index is 1350. The summed E-state index contributed by atoms with van der Waals surface area (Å²) in [4.78, 5) is 37.8. The highest BCUT2D eigenvalue weighted by atomic mass is 19.4. The van der Waals surface area contributed by atoms with Gasteiger partial charge >= 0.3 is 6.18 Å². The smallest absolute Gasteiger partial charge is 0.411 e. The largest absolute Gasteiger partial charge is 0.416 e. The Labute approximate surface area is 206 Å². The molecule has 4 rings (SSSR count). The van der Waals surface area contributed by atoms with Gasteiger partial charge in [-0.3, -0.25) is 9.59 Å². The second kappa shape index (κ2) is 9.67. The zero-order chi connectivity index (χ0) is 26.2. The molecular weight excluding hydrogens is 473 g/mol. The summed E-state index contributed by atoms with van der Waals surface area (Å²) in [5, 5.41) is 3.06. The average molecular weight is 501 g/mol. The molecule has 3 aromatic rings. The molecular formula is C26H27F3N4O3. The van der Waals surface area contributed by atoms with E-state index in [4.69, 9.17) is 4.84 Å². The summed E-state index contributed by atoms with van der Waals surface area (Å²) >= 11 is 0. The third-order valence-corrected chi connectivity index (χ3v) is 6.50. The van der Waals surface area contributed by atoms with Crippen LogP contribution in [-0.2, 0) is 19.1 Å². The first kappa shape index (κ1) is 25.3. The number of hydrogen-bond donors (Lipinski definition) is 1. The molecule has 2 aromatic carbocycles. The third kappa shape index (κ3) is 4.93. The van der Waals surface area contributed by atoms with E-state index in [0.717, 1.165) is 28.0 Å². The van der Waals surface area contributed by atoms with Crippen LogP contribution in [0.25, 0.3) is 0 Å². The zero-order valence-corrected chi connectivity index (χ0v) is 20.4. The zero-order valence-electron chi connectivity index (χ0n) is 20.4. The monoisotopic (exact) mass is 500 g/mol. The van der Waals surface area contributed by atoms with E-state index < -0.39 is 23.3 Å². The van der Waals surface area contributed by atoms with Gasteiger partial charge in [0.25, 0.3) is 11.5 Å². The van der Waals surface area contributed by atoms with Gasteiger partial charge < -0.3 is 15.1 Å². The van der Waals surface area contributed by atoms with E-state index in [1.165, 1.54) is 19.2 Å². The predicted molar refractivity (Wildman–Crippen MR) is 129 cm³/mol. The summed E-state index contributed by atoms with van der Waals surface area (Å²) in [6.45, 7) is 6.17. The first-order chi connectivity index (χ1) is 17.0. The van der Waals surface area contributed by atoms with Crippen LogP contribution in [-0.4, -0.2) is 34.2 Å². The fourth-order valence-electron chi connectivity index (χ4n) is 4.19. The molecule has 0 spiro atoms. The van der Waals surface area contributed by atoms with E-state index in [2.05, 4.69) is 10.3 Å². The molecule has 1 atom stereocenters. The van der Waals surface area contributed by atoms with Crippen molar-refractivity contribution in [3.63, 3.8) is 0 Å².